The molecular weight excluding hydrogens is 128 g/mol. The van der Waals surface area contributed by atoms with E-state index in [-0.39, 0.29) is 6.10 Å². The van der Waals surface area contributed by atoms with Crippen LogP contribution in [0.3, 0.4) is 0 Å². The lowest BCUT2D eigenvalue weighted by molar-refractivity contribution is -0.129. The number of carbonyl (C=O) groups excluding carboxylic acids is 1. The number of carbonyl (C=O) groups is 1. The average molecular weight is 138 g/mol. The highest BCUT2D eigenvalue weighted by Gasteiger charge is 2.56. The van der Waals surface area contributed by atoms with Crippen molar-refractivity contribution in [2.24, 2.45) is 17.8 Å². The summed E-state index contributed by atoms with van der Waals surface area (Å²) in [5, 5.41) is 0. The number of ketones is 1. The number of ether oxygens (including phenoxy) is 1. The molecule has 0 aromatic heterocycles. The third-order valence-electron chi connectivity index (χ3n) is 3.31. The molecule has 0 N–H and O–H groups in total. The van der Waals surface area contributed by atoms with E-state index in [1.165, 1.54) is 0 Å². The molecule has 1 saturated heterocycles. The number of hydrogen-bond acceptors (Lipinski definition) is 2. The lowest BCUT2D eigenvalue weighted by Crippen LogP contribution is -2.26. The molecule has 0 radical (unpaired) electrons. The van der Waals surface area contributed by atoms with Crippen LogP contribution in [0.5, 0.6) is 0 Å². The van der Waals surface area contributed by atoms with Crippen LogP contribution in [-0.2, 0) is 9.53 Å². The smallest absolute Gasteiger partial charge is 0.164 e. The molecule has 2 heteroatoms. The Labute approximate surface area is 59.6 Å². The maximum Gasteiger partial charge on any atom is 0.164 e. The molecule has 0 unspecified atom stereocenters. The van der Waals surface area contributed by atoms with Gasteiger partial charge in [0.1, 0.15) is 6.10 Å². The first-order chi connectivity index (χ1) is 4.86. The Balaban J connectivity index is 2.08. The molecule has 4 atom stereocenters. The van der Waals surface area contributed by atoms with E-state index in [1.54, 1.807) is 0 Å². The van der Waals surface area contributed by atoms with Gasteiger partial charge in [0.15, 0.2) is 5.78 Å². The lowest BCUT2D eigenvalue weighted by Gasteiger charge is -2.13. The van der Waals surface area contributed by atoms with Crippen molar-refractivity contribution < 1.29 is 9.53 Å². The van der Waals surface area contributed by atoms with Crippen LogP contribution < -0.4 is 0 Å². The first-order valence-electron chi connectivity index (χ1n) is 4.01. The first-order valence-corrected chi connectivity index (χ1v) is 4.01. The quantitative estimate of drug-likeness (QED) is 0.490. The predicted molar refractivity (Wildman–Crippen MR) is 34.5 cm³/mol. The summed E-state index contributed by atoms with van der Waals surface area (Å²) < 4.78 is 5.39. The van der Waals surface area contributed by atoms with E-state index in [4.69, 9.17) is 4.74 Å². The molecule has 3 fully saturated rings. The van der Waals surface area contributed by atoms with Crippen molar-refractivity contribution in [1.82, 2.24) is 0 Å². The van der Waals surface area contributed by atoms with E-state index in [2.05, 4.69) is 0 Å². The van der Waals surface area contributed by atoms with Gasteiger partial charge in [-0.15, -0.1) is 0 Å². The second-order valence-electron chi connectivity index (χ2n) is 3.75. The highest BCUT2D eigenvalue weighted by atomic mass is 16.5. The maximum absolute atomic E-state index is 11.3. The summed E-state index contributed by atoms with van der Waals surface area (Å²) in [5.41, 5.74) is 0. The van der Waals surface area contributed by atoms with Crippen molar-refractivity contribution in [3.63, 3.8) is 0 Å². The third-order valence-corrected chi connectivity index (χ3v) is 3.31. The lowest BCUT2D eigenvalue weighted by atomic mass is 9.90. The molecule has 0 amide bonds. The van der Waals surface area contributed by atoms with Gasteiger partial charge in [0.25, 0.3) is 0 Å². The van der Waals surface area contributed by atoms with Gasteiger partial charge in [0.2, 0.25) is 0 Å². The SMILES string of the molecule is O=C1[C@H]2C[C@H]3CO[C@@H]1[C@H]3C2. The fourth-order valence-corrected chi connectivity index (χ4v) is 2.83. The van der Waals surface area contributed by atoms with Crippen LogP contribution in [0.2, 0.25) is 0 Å². The first kappa shape index (κ1) is 5.30. The molecular formula is C8H10O2. The Kier molecular flexibility index (Phi) is 0.768. The van der Waals surface area contributed by atoms with E-state index in [0.717, 1.165) is 25.4 Å². The van der Waals surface area contributed by atoms with E-state index in [9.17, 15) is 4.79 Å². The zero-order valence-electron chi connectivity index (χ0n) is 5.75. The van der Waals surface area contributed by atoms with Crippen molar-refractivity contribution >= 4 is 5.78 Å². The highest BCUT2D eigenvalue weighted by molar-refractivity contribution is 5.89. The largest absolute Gasteiger partial charge is 0.370 e. The summed E-state index contributed by atoms with van der Waals surface area (Å²) in [6.45, 7) is 0.859. The molecule has 10 heavy (non-hydrogen) atoms. The Morgan fingerprint density at radius 2 is 2.30 bits per heavy atom. The summed E-state index contributed by atoms with van der Waals surface area (Å²) in [5.74, 6) is 2.16. The van der Waals surface area contributed by atoms with Crippen LogP contribution in [0.4, 0.5) is 0 Å². The molecule has 2 bridgehead atoms. The molecule has 54 valence electrons. The molecule has 1 heterocycles. The number of rotatable bonds is 0. The summed E-state index contributed by atoms with van der Waals surface area (Å²) in [6.07, 6.45) is 2.29. The molecule has 0 aromatic rings. The fourth-order valence-electron chi connectivity index (χ4n) is 2.83. The monoisotopic (exact) mass is 138 g/mol. The van der Waals surface area contributed by atoms with Gasteiger partial charge in [-0.2, -0.15) is 0 Å². The van der Waals surface area contributed by atoms with Gasteiger partial charge < -0.3 is 4.74 Å². The second kappa shape index (κ2) is 1.45. The van der Waals surface area contributed by atoms with Gasteiger partial charge in [-0.05, 0) is 24.7 Å². The van der Waals surface area contributed by atoms with Crippen LogP contribution in [0.1, 0.15) is 12.8 Å². The van der Waals surface area contributed by atoms with Crippen LogP contribution in [0, 0.1) is 17.8 Å². The third kappa shape index (κ3) is 0.409. The summed E-state index contributed by atoms with van der Waals surface area (Å²) in [6, 6.07) is 0. The van der Waals surface area contributed by atoms with Crippen LogP contribution >= 0.6 is 0 Å². The summed E-state index contributed by atoms with van der Waals surface area (Å²) >= 11 is 0. The van der Waals surface area contributed by atoms with Gasteiger partial charge in [-0.1, -0.05) is 0 Å². The zero-order valence-corrected chi connectivity index (χ0v) is 5.75. The van der Waals surface area contributed by atoms with Crippen LogP contribution in [0.25, 0.3) is 0 Å². The molecule has 0 aromatic carbocycles. The Hall–Kier alpha value is -0.370. The molecule has 3 aliphatic rings. The fraction of sp³-hybridized carbons (Fsp3) is 0.875. The van der Waals surface area contributed by atoms with Gasteiger partial charge in [0, 0.05) is 5.92 Å². The standard InChI is InChI=1S/C8H10O2/c9-7-4-1-5-3-10-8(7)6(5)2-4/h4-6,8H,1-3H2/t4-,5-,6-,8+/m0/s1. The number of hydrogen-bond donors (Lipinski definition) is 0. The van der Waals surface area contributed by atoms with Crippen LogP contribution in [0.15, 0.2) is 0 Å². The Morgan fingerprint density at radius 1 is 1.40 bits per heavy atom. The summed E-state index contributed by atoms with van der Waals surface area (Å²) in [7, 11) is 0. The topological polar surface area (TPSA) is 26.3 Å². The normalized spacial score (nSPS) is 56.6. The highest BCUT2D eigenvalue weighted by Crippen LogP contribution is 2.51. The molecule has 3 rings (SSSR count). The van der Waals surface area contributed by atoms with Crippen LogP contribution in [-0.4, -0.2) is 18.5 Å². The van der Waals surface area contributed by atoms with Gasteiger partial charge in [-0.25, -0.2) is 0 Å². The van der Waals surface area contributed by atoms with Crippen molar-refractivity contribution in [1.29, 1.82) is 0 Å². The molecule has 2 nitrogen and oxygen atoms in total. The second-order valence-corrected chi connectivity index (χ2v) is 3.75. The van der Waals surface area contributed by atoms with E-state index in [1.807, 2.05) is 0 Å². The van der Waals surface area contributed by atoms with Gasteiger partial charge in [-0.3, -0.25) is 4.79 Å². The van der Waals surface area contributed by atoms with Crippen molar-refractivity contribution in [3.05, 3.63) is 0 Å². The molecule has 1 aliphatic heterocycles. The summed E-state index contributed by atoms with van der Waals surface area (Å²) in [4.78, 5) is 11.3. The Bertz CT molecular complexity index is 197. The molecule has 0 spiro atoms. The minimum Gasteiger partial charge on any atom is -0.370 e. The van der Waals surface area contributed by atoms with Gasteiger partial charge >= 0.3 is 0 Å². The van der Waals surface area contributed by atoms with Crippen molar-refractivity contribution in [2.75, 3.05) is 6.61 Å². The zero-order chi connectivity index (χ0) is 6.72. The van der Waals surface area contributed by atoms with Crippen molar-refractivity contribution in [2.45, 2.75) is 18.9 Å². The van der Waals surface area contributed by atoms with Crippen molar-refractivity contribution in [3.8, 4) is 0 Å². The molecule has 2 aliphatic carbocycles. The van der Waals surface area contributed by atoms with E-state index < -0.39 is 0 Å². The van der Waals surface area contributed by atoms with E-state index in [0.29, 0.717) is 17.6 Å². The Morgan fingerprint density at radius 3 is 3.00 bits per heavy atom. The van der Waals surface area contributed by atoms with E-state index >= 15 is 0 Å². The predicted octanol–water partition coefficient (Wildman–Crippen LogP) is 0.610. The maximum atomic E-state index is 11.3. The van der Waals surface area contributed by atoms with Gasteiger partial charge in [0.05, 0.1) is 6.61 Å². The average Bonchev–Trinajstić information content (AvgIpc) is 2.43. The number of fused-ring (bicyclic) bond motifs is 1. The minimum atomic E-state index is 0.0312. The minimum absolute atomic E-state index is 0.0312. The number of Topliss-reactive ketones (excluding diaryl/α,β-unsaturated/α-hetero) is 1. The molecule has 2 saturated carbocycles.